The highest BCUT2D eigenvalue weighted by Gasteiger charge is 2.25. The molecule has 1 aromatic carbocycles. The van der Waals surface area contributed by atoms with Gasteiger partial charge >= 0.3 is 0 Å². The Bertz CT molecular complexity index is 535. The van der Waals surface area contributed by atoms with Gasteiger partial charge in [-0.2, -0.15) is 0 Å². The highest BCUT2D eigenvalue weighted by atomic mass is 32.1. The molecular formula is C14H19N3S. The zero-order valence-electron chi connectivity index (χ0n) is 10.9. The number of rotatable bonds is 2. The summed E-state index contributed by atoms with van der Waals surface area (Å²) in [6, 6.07) is 7.22. The van der Waals surface area contributed by atoms with Gasteiger partial charge in [0.15, 0.2) is 0 Å². The Balaban J connectivity index is 1.95. The van der Waals surface area contributed by atoms with Gasteiger partial charge in [-0.1, -0.05) is 13.8 Å². The molecule has 3 nitrogen and oxygen atoms in total. The van der Waals surface area contributed by atoms with Gasteiger partial charge < -0.3 is 10.2 Å². The lowest BCUT2D eigenvalue weighted by molar-refractivity contribution is 0.390. The first-order chi connectivity index (χ1) is 8.75. The lowest BCUT2D eigenvalue weighted by Crippen LogP contribution is -2.53. The number of hydrogen-bond acceptors (Lipinski definition) is 4. The number of benzene rings is 1. The summed E-state index contributed by atoms with van der Waals surface area (Å²) >= 11 is 1.72. The van der Waals surface area contributed by atoms with E-state index < -0.39 is 0 Å². The Kier molecular flexibility index (Phi) is 3.22. The molecule has 0 aliphatic carbocycles. The van der Waals surface area contributed by atoms with Crippen molar-refractivity contribution in [1.29, 1.82) is 0 Å². The second kappa shape index (κ2) is 4.86. The van der Waals surface area contributed by atoms with Crippen LogP contribution in [0.1, 0.15) is 13.8 Å². The zero-order chi connectivity index (χ0) is 12.5. The molecule has 2 aromatic rings. The van der Waals surface area contributed by atoms with Crippen molar-refractivity contribution in [2.24, 2.45) is 5.92 Å². The zero-order valence-corrected chi connectivity index (χ0v) is 11.7. The third kappa shape index (κ3) is 2.10. The molecule has 1 N–H and O–H groups in total. The van der Waals surface area contributed by atoms with Crippen LogP contribution >= 0.6 is 11.3 Å². The predicted molar refractivity (Wildman–Crippen MR) is 78.5 cm³/mol. The largest absolute Gasteiger partial charge is 0.366 e. The molecule has 1 aliphatic heterocycles. The van der Waals surface area contributed by atoms with E-state index in [2.05, 4.69) is 47.2 Å². The van der Waals surface area contributed by atoms with Crippen molar-refractivity contribution in [3.05, 3.63) is 23.7 Å². The number of anilines is 1. The molecule has 0 bridgehead atoms. The number of fused-ring (bicyclic) bond motifs is 1. The van der Waals surface area contributed by atoms with Crippen LogP contribution in [0.5, 0.6) is 0 Å². The Morgan fingerprint density at radius 2 is 2.33 bits per heavy atom. The maximum Gasteiger partial charge on any atom is 0.0813 e. The van der Waals surface area contributed by atoms with Gasteiger partial charge in [0.05, 0.1) is 15.7 Å². The fraction of sp³-hybridized carbons (Fsp3) is 0.500. The molecule has 0 spiro atoms. The number of thiazole rings is 1. The van der Waals surface area contributed by atoms with Crippen LogP contribution in [0.15, 0.2) is 23.7 Å². The molecule has 1 aromatic heterocycles. The number of piperazine rings is 1. The lowest BCUT2D eigenvalue weighted by atomic mass is 10.00. The van der Waals surface area contributed by atoms with Crippen LogP contribution in [0.2, 0.25) is 0 Å². The highest BCUT2D eigenvalue weighted by Crippen LogP contribution is 2.27. The van der Waals surface area contributed by atoms with E-state index in [1.807, 2.05) is 5.51 Å². The lowest BCUT2D eigenvalue weighted by Gasteiger charge is -2.40. The molecule has 0 amide bonds. The molecule has 1 aliphatic rings. The molecule has 96 valence electrons. The monoisotopic (exact) mass is 261 g/mol. The quantitative estimate of drug-likeness (QED) is 0.901. The highest BCUT2D eigenvalue weighted by molar-refractivity contribution is 7.16. The average molecular weight is 261 g/mol. The fourth-order valence-corrected chi connectivity index (χ4v) is 3.37. The van der Waals surface area contributed by atoms with E-state index in [1.54, 1.807) is 11.3 Å². The molecule has 0 radical (unpaired) electrons. The van der Waals surface area contributed by atoms with E-state index >= 15 is 0 Å². The summed E-state index contributed by atoms with van der Waals surface area (Å²) < 4.78 is 1.29. The first-order valence-electron chi connectivity index (χ1n) is 6.56. The van der Waals surface area contributed by atoms with Gasteiger partial charge in [0.25, 0.3) is 0 Å². The third-order valence-corrected chi connectivity index (χ3v) is 4.49. The predicted octanol–water partition coefficient (Wildman–Crippen LogP) is 2.73. The van der Waals surface area contributed by atoms with Gasteiger partial charge in [0.2, 0.25) is 0 Å². The Labute approximate surface area is 112 Å². The molecule has 1 atom stereocenters. The first-order valence-corrected chi connectivity index (χ1v) is 7.44. The molecule has 2 heterocycles. The van der Waals surface area contributed by atoms with Crippen LogP contribution in [0.25, 0.3) is 10.2 Å². The van der Waals surface area contributed by atoms with E-state index in [4.69, 9.17) is 0 Å². The van der Waals surface area contributed by atoms with Crippen LogP contribution in [-0.2, 0) is 0 Å². The normalized spacial score (nSPS) is 20.8. The van der Waals surface area contributed by atoms with Gasteiger partial charge in [-0.3, -0.25) is 0 Å². The summed E-state index contributed by atoms with van der Waals surface area (Å²) in [7, 11) is 0. The summed E-state index contributed by atoms with van der Waals surface area (Å²) in [6.45, 7) is 7.85. The molecule has 0 saturated carbocycles. The molecule has 1 saturated heterocycles. The SMILES string of the molecule is CC(C)C1CNCCN1c1ccc2ncsc2c1. The van der Waals surface area contributed by atoms with Gasteiger partial charge in [-0.15, -0.1) is 11.3 Å². The van der Waals surface area contributed by atoms with Crippen molar-refractivity contribution in [3.8, 4) is 0 Å². The Morgan fingerprint density at radius 3 is 3.17 bits per heavy atom. The summed E-state index contributed by atoms with van der Waals surface area (Å²) in [5, 5.41) is 3.50. The Morgan fingerprint density at radius 1 is 1.44 bits per heavy atom. The first kappa shape index (κ1) is 11.9. The van der Waals surface area contributed by atoms with E-state index in [0.717, 1.165) is 25.2 Å². The van der Waals surface area contributed by atoms with Gasteiger partial charge in [-0.25, -0.2) is 4.98 Å². The molecular weight excluding hydrogens is 242 g/mol. The van der Waals surface area contributed by atoms with Crippen LogP contribution < -0.4 is 10.2 Å². The van der Waals surface area contributed by atoms with Crippen LogP contribution in [0.3, 0.4) is 0 Å². The topological polar surface area (TPSA) is 28.2 Å². The minimum atomic E-state index is 0.587. The second-order valence-electron chi connectivity index (χ2n) is 5.21. The molecule has 18 heavy (non-hydrogen) atoms. The van der Waals surface area contributed by atoms with Crippen LogP contribution in [0, 0.1) is 5.92 Å². The maximum absolute atomic E-state index is 4.35. The van der Waals surface area contributed by atoms with Crippen LogP contribution in [-0.4, -0.2) is 30.7 Å². The standard InChI is InChI=1S/C14H19N3S/c1-10(2)13-8-15-5-6-17(13)11-3-4-12-14(7-11)18-9-16-12/h3-4,7,9-10,13,15H,5-6,8H2,1-2H3. The van der Waals surface area contributed by atoms with Gasteiger partial charge in [0, 0.05) is 31.4 Å². The minimum Gasteiger partial charge on any atom is -0.366 e. The number of aromatic nitrogens is 1. The number of nitrogens with one attached hydrogen (secondary N) is 1. The van der Waals surface area contributed by atoms with Crippen molar-refractivity contribution in [2.45, 2.75) is 19.9 Å². The molecule has 1 unspecified atom stereocenters. The molecule has 3 rings (SSSR count). The minimum absolute atomic E-state index is 0.587. The van der Waals surface area contributed by atoms with E-state index in [9.17, 15) is 0 Å². The van der Waals surface area contributed by atoms with Gasteiger partial charge in [-0.05, 0) is 24.1 Å². The molecule has 1 fully saturated rings. The smallest absolute Gasteiger partial charge is 0.0813 e. The Hall–Kier alpha value is -1.13. The summed E-state index contributed by atoms with van der Waals surface area (Å²) in [6.07, 6.45) is 0. The maximum atomic E-state index is 4.35. The van der Waals surface area contributed by atoms with Crippen molar-refractivity contribution >= 4 is 27.2 Å². The summed E-state index contributed by atoms with van der Waals surface area (Å²) in [4.78, 5) is 6.89. The van der Waals surface area contributed by atoms with Crippen molar-refractivity contribution in [2.75, 3.05) is 24.5 Å². The second-order valence-corrected chi connectivity index (χ2v) is 6.10. The van der Waals surface area contributed by atoms with Crippen molar-refractivity contribution in [3.63, 3.8) is 0 Å². The van der Waals surface area contributed by atoms with Gasteiger partial charge in [0.1, 0.15) is 0 Å². The summed E-state index contributed by atoms with van der Waals surface area (Å²) in [5.41, 5.74) is 4.37. The fourth-order valence-electron chi connectivity index (χ4n) is 2.66. The average Bonchev–Trinajstić information content (AvgIpc) is 2.85. The van der Waals surface area contributed by atoms with Crippen LogP contribution in [0.4, 0.5) is 5.69 Å². The summed E-state index contributed by atoms with van der Waals surface area (Å²) in [5.74, 6) is 0.662. The van der Waals surface area contributed by atoms with E-state index in [-0.39, 0.29) is 0 Å². The number of nitrogens with zero attached hydrogens (tertiary/aromatic N) is 2. The van der Waals surface area contributed by atoms with Crippen molar-refractivity contribution < 1.29 is 0 Å². The van der Waals surface area contributed by atoms with E-state index in [0.29, 0.717) is 12.0 Å². The molecule has 4 heteroatoms. The van der Waals surface area contributed by atoms with E-state index in [1.165, 1.54) is 10.4 Å². The van der Waals surface area contributed by atoms with Crippen molar-refractivity contribution in [1.82, 2.24) is 10.3 Å². The number of hydrogen-bond donors (Lipinski definition) is 1. The third-order valence-electron chi connectivity index (χ3n) is 3.70.